The van der Waals surface area contributed by atoms with Crippen LogP contribution in [0.15, 0.2) is 24.3 Å². The number of hydrogen-bond acceptors (Lipinski definition) is 10. The second kappa shape index (κ2) is 20.6. The molecule has 42 heavy (non-hydrogen) atoms. The topological polar surface area (TPSA) is 107 Å². The van der Waals surface area contributed by atoms with Crippen molar-refractivity contribution in [1.29, 1.82) is 0 Å². The summed E-state index contributed by atoms with van der Waals surface area (Å²) < 4.78 is 51.3. The second-order valence-electron chi connectivity index (χ2n) is 11.4. The first-order valence-corrected chi connectivity index (χ1v) is 15.1. The number of rotatable bonds is 25. The third kappa shape index (κ3) is 12.3. The molecule has 1 aromatic rings. The predicted molar refractivity (Wildman–Crippen MR) is 159 cm³/mol. The first kappa shape index (κ1) is 36.8. The van der Waals surface area contributed by atoms with Crippen molar-refractivity contribution in [3.05, 3.63) is 29.8 Å². The van der Waals surface area contributed by atoms with Gasteiger partial charge >= 0.3 is 0 Å². The summed E-state index contributed by atoms with van der Waals surface area (Å²) in [6.07, 6.45) is 2.11. The van der Waals surface area contributed by atoms with E-state index in [-0.39, 0.29) is 81.2 Å². The Morgan fingerprint density at radius 1 is 0.762 bits per heavy atom. The summed E-state index contributed by atoms with van der Waals surface area (Å²) >= 11 is 0. The van der Waals surface area contributed by atoms with Gasteiger partial charge in [-0.3, -0.25) is 0 Å². The maximum absolute atomic E-state index is 9.49. The van der Waals surface area contributed by atoms with Crippen molar-refractivity contribution >= 4 is 0 Å². The molecule has 10 heteroatoms. The molecule has 9 atom stereocenters. The Bertz CT molecular complexity index is 809. The van der Waals surface area contributed by atoms with Gasteiger partial charge in [0.05, 0.1) is 44.7 Å². The zero-order chi connectivity index (χ0) is 30.9. The maximum atomic E-state index is 9.49. The zero-order valence-electron chi connectivity index (χ0n) is 27.0. The van der Waals surface area contributed by atoms with E-state index in [0.29, 0.717) is 13.2 Å². The number of methoxy groups -OCH3 is 4. The molecule has 0 saturated carbocycles. The van der Waals surface area contributed by atoms with E-state index < -0.39 is 0 Å². The van der Waals surface area contributed by atoms with Crippen LogP contribution >= 0.6 is 0 Å². The summed E-state index contributed by atoms with van der Waals surface area (Å²) in [5, 5.41) is 9.49. The number of hydrogen-bond donors (Lipinski definition) is 1. The van der Waals surface area contributed by atoms with Gasteiger partial charge in [-0.05, 0) is 48.8 Å². The van der Waals surface area contributed by atoms with Gasteiger partial charge in [0.1, 0.15) is 32.2 Å². The summed E-state index contributed by atoms with van der Waals surface area (Å²) in [6, 6.07) is 7.91. The lowest BCUT2D eigenvalue weighted by Crippen LogP contribution is -2.40. The highest BCUT2D eigenvalue weighted by atomic mass is 16.7. The molecular formula is C32H56O10. The minimum Gasteiger partial charge on any atom is -0.497 e. The summed E-state index contributed by atoms with van der Waals surface area (Å²) in [5.74, 6) is 1.44. The molecule has 1 saturated heterocycles. The van der Waals surface area contributed by atoms with Gasteiger partial charge in [0.15, 0.2) is 0 Å². The first-order valence-electron chi connectivity index (χ1n) is 15.1. The SMILES string of the molecule is COCO[C@H]([C@H](C)[C@H]1O[C@@H]1CO)[C@@H](C)CC[C@@H](OCOC)[C@H](C)[C@H](OCOC)[C@H](C)CCOCc1ccc(OC)cc1. The number of ether oxygens (including phenoxy) is 9. The van der Waals surface area contributed by atoms with Crippen LogP contribution in [0.5, 0.6) is 5.75 Å². The molecular weight excluding hydrogens is 544 g/mol. The van der Waals surface area contributed by atoms with Gasteiger partial charge in [-0.25, -0.2) is 0 Å². The minimum atomic E-state index is -0.112. The fourth-order valence-corrected chi connectivity index (χ4v) is 5.72. The standard InChI is InChI=1S/C32H56O10/c1-22(31(41-21-36-7)25(4)32-29(17-33)42-32)9-14-28(39-19-34-5)24(3)30(40-20-35-6)23(2)15-16-38-18-26-10-12-27(37-8)13-11-26/h10-13,22-25,28-33H,9,14-21H2,1-8H3/t22-,23+,24-,25-,28+,29+,30+,31-,32+/m0/s1. The summed E-state index contributed by atoms with van der Waals surface area (Å²) in [6.45, 7) is 10.5. The average Bonchev–Trinajstić information content (AvgIpc) is 3.80. The van der Waals surface area contributed by atoms with Crippen LogP contribution in [0.4, 0.5) is 0 Å². The van der Waals surface area contributed by atoms with Crippen molar-refractivity contribution in [2.45, 2.75) is 84.1 Å². The summed E-state index contributed by atoms with van der Waals surface area (Å²) in [4.78, 5) is 0. The monoisotopic (exact) mass is 600 g/mol. The van der Waals surface area contributed by atoms with Crippen molar-refractivity contribution in [1.82, 2.24) is 0 Å². The highest BCUT2D eigenvalue weighted by molar-refractivity contribution is 5.26. The van der Waals surface area contributed by atoms with Gasteiger partial charge in [0, 0.05) is 39.8 Å². The van der Waals surface area contributed by atoms with Gasteiger partial charge in [-0.1, -0.05) is 39.8 Å². The molecule has 1 fully saturated rings. The first-order chi connectivity index (χ1) is 20.3. The van der Waals surface area contributed by atoms with E-state index in [1.807, 2.05) is 24.3 Å². The van der Waals surface area contributed by atoms with E-state index >= 15 is 0 Å². The number of aliphatic hydroxyl groups excluding tert-OH is 1. The third-order valence-electron chi connectivity index (χ3n) is 8.27. The largest absolute Gasteiger partial charge is 0.497 e. The molecule has 1 aromatic carbocycles. The number of epoxide rings is 1. The lowest BCUT2D eigenvalue weighted by Gasteiger charge is -2.36. The van der Waals surface area contributed by atoms with Gasteiger partial charge in [0.2, 0.25) is 0 Å². The van der Waals surface area contributed by atoms with E-state index in [0.717, 1.165) is 30.6 Å². The van der Waals surface area contributed by atoms with E-state index in [4.69, 9.17) is 42.6 Å². The van der Waals surface area contributed by atoms with Crippen molar-refractivity contribution < 1.29 is 47.7 Å². The van der Waals surface area contributed by atoms with Crippen molar-refractivity contribution in [2.75, 3.05) is 62.0 Å². The Kier molecular flexibility index (Phi) is 18.1. The molecule has 0 unspecified atom stereocenters. The molecule has 2 rings (SSSR count). The molecule has 0 radical (unpaired) electrons. The Labute approximate surface area is 253 Å². The van der Waals surface area contributed by atoms with Crippen molar-refractivity contribution in [3.63, 3.8) is 0 Å². The smallest absolute Gasteiger partial charge is 0.146 e. The van der Waals surface area contributed by atoms with Crippen LogP contribution in [-0.2, 0) is 44.5 Å². The van der Waals surface area contributed by atoms with Crippen molar-refractivity contribution in [2.24, 2.45) is 23.7 Å². The fourth-order valence-electron chi connectivity index (χ4n) is 5.72. The number of benzene rings is 1. The maximum Gasteiger partial charge on any atom is 0.146 e. The molecule has 1 aliphatic rings. The lowest BCUT2D eigenvalue weighted by molar-refractivity contribution is -0.157. The van der Waals surface area contributed by atoms with E-state index in [2.05, 4.69) is 27.7 Å². The highest BCUT2D eigenvalue weighted by Gasteiger charge is 2.46. The highest BCUT2D eigenvalue weighted by Crippen LogP contribution is 2.36. The van der Waals surface area contributed by atoms with Gasteiger partial charge in [0.25, 0.3) is 0 Å². The van der Waals surface area contributed by atoms with Gasteiger partial charge in [-0.15, -0.1) is 0 Å². The number of aliphatic hydroxyl groups is 1. The Hall–Kier alpha value is -1.34. The van der Waals surface area contributed by atoms with Crippen LogP contribution in [0.2, 0.25) is 0 Å². The predicted octanol–water partition coefficient (Wildman–Crippen LogP) is 4.65. The Morgan fingerprint density at radius 3 is 1.93 bits per heavy atom. The lowest BCUT2D eigenvalue weighted by atomic mass is 9.82. The van der Waals surface area contributed by atoms with Gasteiger partial charge < -0.3 is 47.7 Å². The molecule has 0 bridgehead atoms. The van der Waals surface area contributed by atoms with Crippen LogP contribution in [-0.4, -0.2) is 97.7 Å². The van der Waals surface area contributed by atoms with Gasteiger partial charge in [-0.2, -0.15) is 0 Å². The zero-order valence-corrected chi connectivity index (χ0v) is 27.0. The van der Waals surface area contributed by atoms with E-state index in [9.17, 15) is 5.11 Å². The van der Waals surface area contributed by atoms with Crippen LogP contribution in [0, 0.1) is 23.7 Å². The molecule has 0 aromatic heterocycles. The molecule has 244 valence electrons. The Balaban J connectivity index is 1.99. The summed E-state index contributed by atoms with van der Waals surface area (Å²) in [5.41, 5.74) is 1.10. The quantitative estimate of drug-likeness (QED) is 0.0968. The van der Waals surface area contributed by atoms with Crippen LogP contribution < -0.4 is 4.74 Å². The van der Waals surface area contributed by atoms with Crippen molar-refractivity contribution in [3.8, 4) is 5.75 Å². The molecule has 0 spiro atoms. The molecule has 1 heterocycles. The fraction of sp³-hybridized carbons (Fsp3) is 0.812. The molecule has 0 aliphatic carbocycles. The normalized spacial score (nSPS) is 21.7. The average molecular weight is 601 g/mol. The molecule has 0 amide bonds. The molecule has 10 nitrogen and oxygen atoms in total. The van der Waals surface area contributed by atoms with Crippen LogP contribution in [0.25, 0.3) is 0 Å². The third-order valence-corrected chi connectivity index (χ3v) is 8.27. The second-order valence-corrected chi connectivity index (χ2v) is 11.4. The molecule has 1 aliphatic heterocycles. The minimum absolute atomic E-state index is 0.00150. The van der Waals surface area contributed by atoms with Crippen LogP contribution in [0.1, 0.15) is 52.5 Å². The Morgan fingerprint density at radius 2 is 1.36 bits per heavy atom. The van der Waals surface area contributed by atoms with E-state index in [1.165, 1.54) is 0 Å². The molecule has 1 N–H and O–H groups in total. The van der Waals surface area contributed by atoms with Crippen LogP contribution in [0.3, 0.4) is 0 Å². The van der Waals surface area contributed by atoms with E-state index in [1.54, 1.807) is 28.4 Å². The summed E-state index contributed by atoms with van der Waals surface area (Å²) in [7, 11) is 6.56.